The molecule has 0 aliphatic heterocycles. The molecule has 1 heterocycles. The van der Waals surface area contributed by atoms with Crippen LogP contribution in [-0.4, -0.2) is 27.5 Å². The lowest BCUT2D eigenvalue weighted by atomic mass is 10.2. The number of aromatic amines is 1. The molecule has 0 saturated heterocycles. The van der Waals surface area contributed by atoms with E-state index in [-0.39, 0.29) is 23.0 Å². The molecule has 0 aliphatic carbocycles. The number of carbonyl (C=O) groups is 2. The monoisotopic (exact) mass is 438 g/mol. The molecule has 0 spiro atoms. The Balaban J connectivity index is 1.59. The van der Waals surface area contributed by atoms with Crippen LogP contribution < -0.4 is 11.1 Å². The number of hydrogen-bond acceptors (Lipinski definition) is 4. The van der Waals surface area contributed by atoms with E-state index in [0.29, 0.717) is 27.2 Å². The number of anilines is 1. The molecule has 156 valence electrons. The summed E-state index contributed by atoms with van der Waals surface area (Å²) in [5.41, 5.74) is 7.18. The van der Waals surface area contributed by atoms with Gasteiger partial charge in [0.15, 0.2) is 0 Å². The second kappa shape index (κ2) is 8.57. The van der Waals surface area contributed by atoms with Crippen molar-refractivity contribution in [1.82, 2.24) is 9.97 Å². The van der Waals surface area contributed by atoms with Crippen molar-refractivity contribution in [2.75, 3.05) is 11.1 Å². The Kier molecular flexibility index (Phi) is 5.68. The number of rotatable bonds is 6. The quantitative estimate of drug-likeness (QED) is 0.390. The molecule has 1 aromatic heterocycles. The third-order valence-corrected chi connectivity index (χ3v) is 5.52. The minimum Gasteiger partial charge on any atom is -0.369 e. The van der Waals surface area contributed by atoms with Gasteiger partial charge >= 0.3 is 0 Å². The first-order chi connectivity index (χ1) is 14.9. The number of thioether (sulfide) groups is 1. The summed E-state index contributed by atoms with van der Waals surface area (Å²) in [5.74, 6) is -1.76. The fraction of sp³-hybridized carbons (Fsp3) is 0.0455. The van der Waals surface area contributed by atoms with Crippen molar-refractivity contribution in [3.05, 3.63) is 77.9 Å². The Labute approximate surface area is 179 Å². The maximum Gasteiger partial charge on any atom is 0.256 e. The number of halogens is 2. The summed E-state index contributed by atoms with van der Waals surface area (Å²) in [5, 5.41) is 2.80. The molecule has 4 rings (SSSR count). The van der Waals surface area contributed by atoms with E-state index in [0.717, 1.165) is 18.2 Å². The number of amides is 2. The van der Waals surface area contributed by atoms with Gasteiger partial charge in [0, 0.05) is 10.6 Å². The average Bonchev–Trinajstić information content (AvgIpc) is 3.17. The van der Waals surface area contributed by atoms with E-state index in [9.17, 15) is 18.4 Å². The van der Waals surface area contributed by atoms with Crippen LogP contribution in [0.2, 0.25) is 0 Å². The number of H-pyrrole nitrogens is 1. The zero-order valence-corrected chi connectivity index (χ0v) is 16.8. The van der Waals surface area contributed by atoms with Gasteiger partial charge in [-0.2, -0.15) is 0 Å². The lowest BCUT2D eigenvalue weighted by molar-refractivity contribution is -0.115. The summed E-state index contributed by atoms with van der Waals surface area (Å²) in [6.45, 7) is 0. The number of carbonyl (C=O) groups excluding carboxylic acids is 2. The van der Waals surface area contributed by atoms with Gasteiger partial charge in [0.2, 0.25) is 5.91 Å². The first-order valence-electron chi connectivity index (χ1n) is 9.17. The molecule has 9 heteroatoms. The number of nitrogens with one attached hydrogen (secondary N) is 2. The van der Waals surface area contributed by atoms with Gasteiger partial charge in [-0.25, -0.2) is 13.8 Å². The van der Waals surface area contributed by atoms with E-state index in [1.807, 2.05) is 0 Å². The number of primary amides is 1. The van der Waals surface area contributed by atoms with Crippen molar-refractivity contribution in [2.24, 2.45) is 5.73 Å². The normalized spacial score (nSPS) is 10.9. The van der Waals surface area contributed by atoms with Crippen molar-refractivity contribution in [2.45, 2.75) is 4.90 Å². The van der Waals surface area contributed by atoms with Crippen molar-refractivity contribution >= 4 is 40.3 Å². The van der Waals surface area contributed by atoms with Crippen LogP contribution in [0.4, 0.5) is 14.5 Å². The van der Waals surface area contributed by atoms with Crippen LogP contribution in [-0.2, 0) is 4.79 Å². The highest BCUT2D eigenvalue weighted by atomic mass is 32.2. The van der Waals surface area contributed by atoms with Gasteiger partial charge in [-0.1, -0.05) is 12.1 Å². The largest absolute Gasteiger partial charge is 0.369 e. The van der Waals surface area contributed by atoms with Crippen LogP contribution in [0, 0.1) is 11.6 Å². The second-order valence-electron chi connectivity index (χ2n) is 6.65. The van der Waals surface area contributed by atoms with Gasteiger partial charge in [0.25, 0.3) is 5.91 Å². The second-order valence-corrected chi connectivity index (χ2v) is 7.66. The predicted octanol–water partition coefficient (Wildman–Crippen LogP) is 4.34. The maximum absolute atomic E-state index is 14.1. The van der Waals surface area contributed by atoms with Gasteiger partial charge in [0.05, 0.1) is 27.9 Å². The smallest absolute Gasteiger partial charge is 0.256 e. The average molecular weight is 438 g/mol. The molecule has 0 bridgehead atoms. The summed E-state index contributed by atoms with van der Waals surface area (Å²) in [4.78, 5) is 31.7. The molecular weight excluding hydrogens is 422 g/mol. The SMILES string of the molecule is NC(=O)CSc1ccccc1C(=O)Nc1ccc2nc(-c3cc(F)ccc3F)[nH]c2c1. The van der Waals surface area contributed by atoms with E-state index >= 15 is 0 Å². The summed E-state index contributed by atoms with van der Waals surface area (Å²) < 4.78 is 27.6. The number of hydrogen-bond donors (Lipinski definition) is 3. The number of nitrogens with zero attached hydrogens (tertiary/aromatic N) is 1. The highest BCUT2D eigenvalue weighted by Crippen LogP contribution is 2.27. The van der Waals surface area contributed by atoms with E-state index in [1.54, 1.807) is 42.5 Å². The Morgan fingerprint density at radius 2 is 1.87 bits per heavy atom. The molecule has 0 unspecified atom stereocenters. The van der Waals surface area contributed by atoms with E-state index in [4.69, 9.17) is 5.73 Å². The Morgan fingerprint density at radius 3 is 2.68 bits per heavy atom. The Morgan fingerprint density at radius 1 is 1.06 bits per heavy atom. The fourth-order valence-electron chi connectivity index (χ4n) is 3.02. The van der Waals surface area contributed by atoms with Crippen LogP contribution in [0.3, 0.4) is 0 Å². The lowest BCUT2D eigenvalue weighted by Gasteiger charge is -2.09. The van der Waals surface area contributed by atoms with Crippen LogP contribution >= 0.6 is 11.8 Å². The van der Waals surface area contributed by atoms with E-state index < -0.39 is 17.5 Å². The standard InChI is InChI=1S/C22H16F2N4O2S/c23-12-5-7-16(24)15(9-12)21-27-17-8-6-13(10-18(17)28-21)26-22(30)14-3-1-2-4-19(14)31-11-20(25)29/h1-10H,11H2,(H2,25,29)(H,26,30)(H,27,28). The van der Waals surface area contributed by atoms with Gasteiger partial charge in [-0.15, -0.1) is 11.8 Å². The lowest BCUT2D eigenvalue weighted by Crippen LogP contribution is -2.15. The summed E-state index contributed by atoms with van der Waals surface area (Å²) in [7, 11) is 0. The number of benzene rings is 3. The Bertz CT molecular complexity index is 1310. The third-order valence-electron chi connectivity index (χ3n) is 4.42. The molecule has 0 atom stereocenters. The van der Waals surface area contributed by atoms with Crippen molar-refractivity contribution in [3.63, 3.8) is 0 Å². The molecule has 3 aromatic carbocycles. The molecule has 0 aliphatic rings. The van der Waals surface area contributed by atoms with Gasteiger partial charge < -0.3 is 16.0 Å². The van der Waals surface area contributed by atoms with Crippen LogP contribution in [0.5, 0.6) is 0 Å². The summed E-state index contributed by atoms with van der Waals surface area (Å²) in [6.07, 6.45) is 0. The highest BCUT2D eigenvalue weighted by Gasteiger charge is 2.15. The molecule has 0 fully saturated rings. The molecule has 6 nitrogen and oxygen atoms in total. The van der Waals surface area contributed by atoms with Crippen molar-refractivity contribution in [1.29, 1.82) is 0 Å². The molecule has 4 aromatic rings. The predicted molar refractivity (Wildman–Crippen MR) is 116 cm³/mol. The van der Waals surface area contributed by atoms with Crippen LogP contribution in [0.15, 0.2) is 65.6 Å². The topological polar surface area (TPSA) is 101 Å². The first kappa shape index (κ1) is 20.5. The Hall–Kier alpha value is -3.72. The number of aromatic nitrogens is 2. The van der Waals surface area contributed by atoms with E-state index in [1.165, 1.54) is 11.8 Å². The molecular formula is C22H16F2N4O2S. The fourth-order valence-corrected chi connectivity index (χ4v) is 3.81. The molecule has 0 saturated carbocycles. The number of imidazole rings is 1. The zero-order chi connectivity index (χ0) is 22.0. The van der Waals surface area contributed by atoms with Gasteiger partial charge in [-0.05, 0) is 48.5 Å². The minimum atomic E-state index is -0.598. The number of nitrogens with two attached hydrogens (primary N) is 1. The molecule has 2 amide bonds. The zero-order valence-electron chi connectivity index (χ0n) is 16.0. The van der Waals surface area contributed by atoms with E-state index in [2.05, 4.69) is 15.3 Å². The summed E-state index contributed by atoms with van der Waals surface area (Å²) >= 11 is 1.18. The van der Waals surface area contributed by atoms with Crippen molar-refractivity contribution < 1.29 is 18.4 Å². The third kappa shape index (κ3) is 4.56. The molecule has 0 radical (unpaired) electrons. The minimum absolute atomic E-state index is 0.0159. The maximum atomic E-state index is 14.1. The number of fused-ring (bicyclic) bond motifs is 1. The highest BCUT2D eigenvalue weighted by molar-refractivity contribution is 8.00. The molecule has 31 heavy (non-hydrogen) atoms. The summed E-state index contributed by atoms with van der Waals surface area (Å²) in [6, 6.07) is 15.0. The first-order valence-corrected chi connectivity index (χ1v) is 10.2. The van der Waals surface area contributed by atoms with Crippen LogP contribution in [0.25, 0.3) is 22.4 Å². The molecule has 4 N–H and O–H groups in total. The van der Waals surface area contributed by atoms with Crippen molar-refractivity contribution in [3.8, 4) is 11.4 Å². The van der Waals surface area contributed by atoms with Crippen LogP contribution in [0.1, 0.15) is 10.4 Å². The van der Waals surface area contributed by atoms with Gasteiger partial charge in [-0.3, -0.25) is 9.59 Å². The van der Waals surface area contributed by atoms with Gasteiger partial charge in [0.1, 0.15) is 17.5 Å².